The minimum absolute atomic E-state index is 0.0517. The van der Waals surface area contributed by atoms with Crippen LogP contribution in [0.5, 0.6) is 0 Å². The number of carbonyl (C=O) groups is 1. The highest BCUT2D eigenvalue weighted by Gasteiger charge is 2.36. The first-order valence-corrected chi connectivity index (χ1v) is 6.39. The number of hydrogen-bond donors (Lipinski definition) is 0. The van der Waals surface area contributed by atoms with E-state index in [1.54, 1.807) is 60.7 Å². The highest BCUT2D eigenvalue weighted by Crippen LogP contribution is 2.37. The molecular formula is C17H13F3O. The first-order valence-electron chi connectivity index (χ1n) is 6.39. The summed E-state index contributed by atoms with van der Waals surface area (Å²) in [4.78, 5) is 10.7. The Hall–Kier alpha value is -2.36. The predicted octanol–water partition coefficient (Wildman–Crippen LogP) is 4.64. The molecule has 0 fully saturated rings. The average Bonchev–Trinajstić information content (AvgIpc) is 2.48. The molecule has 108 valence electrons. The molecule has 0 aliphatic rings. The molecule has 4 heteroatoms. The zero-order valence-corrected chi connectivity index (χ0v) is 11.1. The van der Waals surface area contributed by atoms with Gasteiger partial charge in [0.1, 0.15) is 6.29 Å². The Morgan fingerprint density at radius 1 is 0.857 bits per heavy atom. The van der Waals surface area contributed by atoms with Gasteiger partial charge >= 0.3 is 6.18 Å². The fraction of sp³-hybridized carbons (Fsp3) is 0.118. The van der Waals surface area contributed by atoms with Crippen LogP contribution in [0, 0.1) is 0 Å². The van der Waals surface area contributed by atoms with Crippen molar-refractivity contribution in [2.24, 2.45) is 0 Å². The Kier molecular flexibility index (Phi) is 4.58. The standard InChI is InChI=1S/C17H13F3O/c18-17(19,20)15(11-12-21)16(13-7-3-1-4-8-13)14-9-5-2-6-10-14/h1-10,12H,11H2. The Morgan fingerprint density at radius 2 is 1.29 bits per heavy atom. The molecule has 0 atom stereocenters. The van der Waals surface area contributed by atoms with Crippen molar-refractivity contribution in [1.82, 2.24) is 0 Å². The smallest absolute Gasteiger partial charge is 0.303 e. The Labute approximate surface area is 120 Å². The minimum Gasteiger partial charge on any atom is -0.303 e. The Balaban J connectivity index is 2.73. The maximum atomic E-state index is 13.3. The maximum absolute atomic E-state index is 13.3. The van der Waals surface area contributed by atoms with Crippen LogP contribution in [0.3, 0.4) is 0 Å². The van der Waals surface area contributed by atoms with Gasteiger partial charge in [-0.3, -0.25) is 0 Å². The third kappa shape index (κ3) is 3.60. The molecule has 0 bridgehead atoms. The second-order valence-corrected chi connectivity index (χ2v) is 4.45. The van der Waals surface area contributed by atoms with Crippen molar-refractivity contribution in [2.45, 2.75) is 12.6 Å². The molecule has 0 saturated heterocycles. The lowest BCUT2D eigenvalue weighted by molar-refractivity contribution is -0.113. The molecule has 21 heavy (non-hydrogen) atoms. The van der Waals surface area contributed by atoms with Gasteiger partial charge in [-0.15, -0.1) is 0 Å². The van der Waals surface area contributed by atoms with E-state index in [2.05, 4.69) is 0 Å². The summed E-state index contributed by atoms with van der Waals surface area (Å²) in [5.41, 5.74) is 0.112. The lowest BCUT2D eigenvalue weighted by atomic mass is 9.91. The van der Waals surface area contributed by atoms with Crippen molar-refractivity contribution in [3.63, 3.8) is 0 Å². The normalized spacial score (nSPS) is 11.0. The second-order valence-electron chi connectivity index (χ2n) is 4.45. The van der Waals surface area contributed by atoms with Crippen molar-refractivity contribution in [3.8, 4) is 0 Å². The number of aldehydes is 1. The van der Waals surface area contributed by atoms with Crippen LogP contribution in [-0.4, -0.2) is 12.5 Å². The van der Waals surface area contributed by atoms with Crippen molar-refractivity contribution in [2.75, 3.05) is 0 Å². The number of benzene rings is 2. The van der Waals surface area contributed by atoms with Crippen molar-refractivity contribution in [1.29, 1.82) is 0 Å². The zero-order chi connectivity index (χ0) is 15.3. The van der Waals surface area contributed by atoms with Crippen LogP contribution < -0.4 is 0 Å². The van der Waals surface area contributed by atoms with E-state index >= 15 is 0 Å². The molecule has 2 aromatic rings. The Bertz CT molecular complexity index is 587. The molecule has 0 aromatic heterocycles. The van der Waals surface area contributed by atoms with Crippen molar-refractivity contribution < 1.29 is 18.0 Å². The molecule has 0 amide bonds. The van der Waals surface area contributed by atoms with E-state index in [0.29, 0.717) is 11.1 Å². The number of carbonyl (C=O) groups excluding carboxylic acids is 1. The van der Waals surface area contributed by atoms with Gasteiger partial charge in [0.2, 0.25) is 0 Å². The van der Waals surface area contributed by atoms with E-state index in [0.717, 1.165) is 0 Å². The summed E-state index contributed by atoms with van der Waals surface area (Å²) in [7, 11) is 0. The van der Waals surface area contributed by atoms with Gasteiger partial charge in [0.25, 0.3) is 0 Å². The largest absolute Gasteiger partial charge is 0.413 e. The van der Waals surface area contributed by atoms with Crippen molar-refractivity contribution >= 4 is 11.9 Å². The number of halogens is 3. The lowest BCUT2D eigenvalue weighted by Crippen LogP contribution is -2.15. The van der Waals surface area contributed by atoms with E-state index in [1.807, 2.05) is 0 Å². The Morgan fingerprint density at radius 3 is 1.62 bits per heavy atom. The van der Waals surface area contributed by atoms with Crippen LogP contribution in [0.15, 0.2) is 66.2 Å². The molecule has 0 saturated carbocycles. The summed E-state index contributed by atoms with van der Waals surface area (Å²) in [5.74, 6) is 0. The molecule has 0 radical (unpaired) electrons. The molecule has 0 aliphatic heterocycles. The summed E-state index contributed by atoms with van der Waals surface area (Å²) in [5, 5.41) is 0. The fourth-order valence-electron chi connectivity index (χ4n) is 2.17. The van der Waals surface area contributed by atoms with Gasteiger partial charge in [0.15, 0.2) is 0 Å². The monoisotopic (exact) mass is 290 g/mol. The second kappa shape index (κ2) is 6.39. The maximum Gasteiger partial charge on any atom is 0.413 e. The highest BCUT2D eigenvalue weighted by molar-refractivity contribution is 5.84. The van der Waals surface area contributed by atoms with E-state index in [1.165, 1.54) is 0 Å². The molecule has 0 heterocycles. The molecule has 0 aliphatic carbocycles. The average molecular weight is 290 g/mol. The summed E-state index contributed by atoms with van der Waals surface area (Å²) in [6.45, 7) is 0. The summed E-state index contributed by atoms with van der Waals surface area (Å²) in [6.07, 6.45) is -4.93. The van der Waals surface area contributed by atoms with Crippen LogP contribution in [-0.2, 0) is 4.79 Å². The van der Waals surface area contributed by atoms with Gasteiger partial charge in [0.05, 0.1) is 0 Å². The van der Waals surface area contributed by atoms with Crippen LogP contribution in [0.4, 0.5) is 13.2 Å². The van der Waals surface area contributed by atoms with E-state index in [-0.39, 0.29) is 11.9 Å². The SMILES string of the molecule is O=CCC(=C(c1ccccc1)c1ccccc1)C(F)(F)F. The molecular weight excluding hydrogens is 277 g/mol. The number of rotatable bonds is 4. The van der Waals surface area contributed by atoms with Crippen LogP contribution >= 0.6 is 0 Å². The molecule has 2 rings (SSSR count). The summed E-state index contributed by atoms with van der Waals surface area (Å²) in [6, 6.07) is 16.6. The van der Waals surface area contributed by atoms with E-state index in [9.17, 15) is 18.0 Å². The van der Waals surface area contributed by atoms with Crippen LogP contribution in [0.2, 0.25) is 0 Å². The topological polar surface area (TPSA) is 17.1 Å². The van der Waals surface area contributed by atoms with Crippen molar-refractivity contribution in [3.05, 3.63) is 77.4 Å². The molecule has 0 unspecified atom stereocenters. The van der Waals surface area contributed by atoms with Gasteiger partial charge in [-0.05, 0) is 16.7 Å². The molecule has 0 spiro atoms. The van der Waals surface area contributed by atoms with Gasteiger partial charge in [-0.1, -0.05) is 60.7 Å². The van der Waals surface area contributed by atoms with E-state index < -0.39 is 18.2 Å². The summed E-state index contributed by atoms with van der Waals surface area (Å²) >= 11 is 0. The molecule has 2 aromatic carbocycles. The first kappa shape index (κ1) is 15.0. The third-order valence-corrected chi connectivity index (χ3v) is 3.06. The zero-order valence-electron chi connectivity index (χ0n) is 11.1. The quantitative estimate of drug-likeness (QED) is 0.750. The lowest BCUT2D eigenvalue weighted by Gasteiger charge is -2.17. The predicted molar refractivity (Wildman–Crippen MR) is 75.6 cm³/mol. The fourth-order valence-corrected chi connectivity index (χ4v) is 2.17. The first-order chi connectivity index (χ1) is 10.0. The number of allylic oxidation sites excluding steroid dienone is 1. The van der Waals surface area contributed by atoms with Crippen LogP contribution in [0.1, 0.15) is 17.5 Å². The van der Waals surface area contributed by atoms with Gasteiger partial charge in [-0.25, -0.2) is 0 Å². The third-order valence-electron chi connectivity index (χ3n) is 3.06. The van der Waals surface area contributed by atoms with E-state index in [4.69, 9.17) is 0 Å². The molecule has 0 N–H and O–H groups in total. The van der Waals surface area contributed by atoms with Gasteiger partial charge in [-0.2, -0.15) is 13.2 Å². The minimum atomic E-state index is -4.55. The number of alkyl halides is 3. The number of hydrogen-bond acceptors (Lipinski definition) is 1. The summed E-state index contributed by atoms with van der Waals surface area (Å²) < 4.78 is 39.9. The van der Waals surface area contributed by atoms with Gasteiger partial charge in [0, 0.05) is 12.0 Å². The van der Waals surface area contributed by atoms with Gasteiger partial charge < -0.3 is 4.79 Å². The highest BCUT2D eigenvalue weighted by atomic mass is 19.4. The molecule has 1 nitrogen and oxygen atoms in total. The van der Waals surface area contributed by atoms with Crippen LogP contribution in [0.25, 0.3) is 5.57 Å².